The molecular formula is C26H24N2O2. The highest BCUT2D eigenvalue weighted by Gasteiger charge is 2.15. The lowest BCUT2D eigenvalue weighted by atomic mass is 10.0. The highest BCUT2D eigenvalue weighted by molar-refractivity contribution is 6.13. The second kappa shape index (κ2) is 7.99. The maximum absolute atomic E-state index is 13.3. The lowest BCUT2D eigenvalue weighted by Crippen LogP contribution is -2.13. The molecule has 1 aromatic heterocycles. The number of anilines is 1. The van der Waals surface area contributed by atoms with Crippen LogP contribution in [0.4, 0.5) is 5.69 Å². The van der Waals surface area contributed by atoms with Gasteiger partial charge in [0.1, 0.15) is 5.75 Å². The number of hydrogen-bond acceptors (Lipinski definition) is 3. The van der Waals surface area contributed by atoms with Crippen LogP contribution in [0.2, 0.25) is 0 Å². The Morgan fingerprint density at radius 1 is 0.900 bits per heavy atom. The van der Waals surface area contributed by atoms with Crippen molar-refractivity contribution in [1.82, 2.24) is 4.98 Å². The van der Waals surface area contributed by atoms with E-state index in [1.54, 1.807) is 7.11 Å². The first-order valence-corrected chi connectivity index (χ1v) is 9.89. The molecule has 0 saturated heterocycles. The summed E-state index contributed by atoms with van der Waals surface area (Å²) in [6, 6.07) is 21.5. The van der Waals surface area contributed by atoms with Crippen LogP contribution in [0.5, 0.6) is 5.75 Å². The van der Waals surface area contributed by atoms with Crippen molar-refractivity contribution in [2.75, 3.05) is 12.4 Å². The zero-order valence-corrected chi connectivity index (χ0v) is 17.6. The van der Waals surface area contributed by atoms with Gasteiger partial charge in [-0.2, -0.15) is 0 Å². The molecule has 0 aliphatic heterocycles. The summed E-state index contributed by atoms with van der Waals surface area (Å²) in [7, 11) is 1.64. The van der Waals surface area contributed by atoms with E-state index in [2.05, 4.69) is 12.2 Å². The molecule has 1 N–H and O–H groups in total. The van der Waals surface area contributed by atoms with E-state index >= 15 is 0 Å². The fourth-order valence-corrected chi connectivity index (χ4v) is 3.48. The van der Waals surface area contributed by atoms with Gasteiger partial charge in [0.25, 0.3) is 5.91 Å². The van der Waals surface area contributed by atoms with Crippen molar-refractivity contribution in [2.45, 2.75) is 20.8 Å². The molecule has 30 heavy (non-hydrogen) atoms. The molecule has 1 amide bonds. The molecule has 0 atom stereocenters. The molecule has 0 saturated carbocycles. The van der Waals surface area contributed by atoms with Crippen LogP contribution in [0.1, 0.15) is 27.0 Å². The Kier molecular flexibility index (Phi) is 5.23. The van der Waals surface area contributed by atoms with E-state index in [0.29, 0.717) is 5.56 Å². The summed E-state index contributed by atoms with van der Waals surface area (Å²) in [4.78, 5) is 18.1. The third-order valence-corrected chi connectivity index (χ3v) is 5.34. The minimum atomic E-state index is -0.152. The predicted molar refractivity (Wildman–Crippen MR) is 122 cm³/mol. The van der Waals surface area contributed by atoms with E-state index in [1.165, 1.54) is 5.56 Å². The van der Waals surface area contributed by atoms with Gasteiger partial charge in [-0.3, -0.25) is 4.79 Å². The first-order chi connectivity index (χ1) is 14.4. The maximum atomic E-state index is 13.3. The van der Waals surface area contributed by atoms with Crippen LogP contribution in [-0.4, -0.2) is 18.0 Å². The van der Waals surface area contributed by atoms with Gasteiger partial charge in [-0.15, -0.1) is 0 Å². The largest absolute Gasteiger partial charge is 0.497 e. The number of nitrogens with one attached hydrogen (secondary N) is 1. The van der Waals surface area contributed by atoms with Crippen LogP contribution in [-0.2, 0) is 0 Å². The van der Waals surface area contributed by atoms with Crippen molar-refractivity contribution in [3.63, 3.8) is 0 Å². The van der Waals surface area contributed by atoms with Crippen LogP contribution in [0.3, 0.4) is 0 Å². The smallest absolute Gasteiger partial charge is 0.256 e. The van der Waals surface area contributed by atoms with Crippen molar-refractivity contribution >= 4 is 22.5 Å². The summed E-state index contributed by atoms with van der Waals surface area (Å²) >= 11 is 0. The zero-order chi connectivity index (χ0) is 21.3. The molecular weight excluding hydrogens is 372 g/mol. The minimum Gasteiger partial charge on any atom is -0.497 e. The number of carbonyl (C=O) groups is 1. The van der Waals surface area contributed by atoms with Gasteiger partial charge in [0.05, 0.1) is 23.9 Å². The monoisotopic (exact) mass is 396 g/mol. The molecule has 150 valence electrons. The van der Waals surface area contributed by atoms with E-state index < -0.39 is 0 Å². The van der Waals surface area contributed by atoms with Gasteiger partial charge in [-0.05, 0) is 74.4 Å². The van der Waals surface area contributed by atoms with E-state index in [0.717, 1.165) is 44.7 Å². The second-order valence-electron chi connectivity index (χ2n) is 7.56. The molecule has 4 aromatic rings. The number of amides is 1. The summed E-state index contributed by atoms with van der Waals surface area (Å²) in [5.41, 5.74) is 7.21. The number of benzene rings is 3. The van der Waals surface area contributed by atoms with Crippen LogP contribution in [0, 0.1) is 20.8 Å². The van der Waals surface area contributed by atoms with E-state index in [4.69, 9.17) is 9.72 Å². The summed E-state index contributed by atoms with van der Waals surface area (Å²) in [6.45, 7) is 6.11. The van der Waals surface area contributed by atoms with Crippen LogP contribution in [0.15, 0.2) is 66.7 Å². The normalized spacial score (nSPS) is 10.8. The molecule has 0 bridgehead atoms. The quantitative estimate of drug-likeness (QED) is 0.454. The Balaban J connectivity index is 1.82. The average molecular weight is 396 g/mol. The maximum Gasteiger partial charge on any atom is 0.256 e. The minimum absolute atomic E-state index is 0.152. The Bertz CT molecular complexity index is 1260. The average Bonchev–Trinajstić information content (AvgIpc) is 2.75. The molecule has 4 heteroatoms. The Morgan fingerprint density at radius 3 is 2.50 bits per heavy atom. The lowest BCUT2D eigenvalue weighted by molar-refractivity contribution is 0.102. The molecule has 3 aromatic carbocycles. The van der Waals surface area contributed by atoms with Crippen molar-refractivity contribution in [3.05, 3.63) is 89.0 Å². The number of carbonyl (C=O) groups excluding carboxylic acids is 1. The first kappa shape index (κ1) is 19.6. The highest BCUT2D eigenvalue weighted by atomic mass is 16.5. The van der Waals surface area contributed by atoms with E-state index in [-0.39, 0.29) is 5.91 Å². The third kappa shape index (κ3) is 3.90. The number of pyridine rings is 1. The van der Waals surface area contributed by atoms with E-state index in [1.807, 2.05) is 80.6 Å². The van der Waals surface area contributed by atoms with Crippen LogP contribution < -0.4 is 10.1 Å². The number of rotatable bonds is 4. The van der Waals surface area contributed by atoms with Crippen LogP contribution in [0.25, 0.3) is 22.2 Å². The number of hydrogen-bond donors (Lipinski definition) is 1. The SMILES string of the molecule is COc1cccc(-c2cc(C(=O)Nc3ccc(C)c(C)c3)c3cc(C)ccc3n2)c1. The van der Waals surface area contributed by atoms with Gasteiger partial charge in [0.15, 0.2) is 0 Å². The molecule has 4 nitrogen and oxygen atoms in total. The van der Waals surface area contributed by atoms with Crippen molar-refractivity contribution < 1.29 is 9.53 Å². The predicted octanol–water partition coefficient (Wildman–Crippen LogP) is 6.09. The Morgan fingerprint density at radius 2 is 1.73 bits per heavy atom. The zero-order valence-electron chi connectivity index (χ0n) is 17.6. The third-order valence-electron chi connectivity index (χ3n) is 5.34. The Labute approximate surface area is 176 Å². The van der Waals surface area contributed by atoms with Gasteiger partial charge < -0.3 is 10.1 Å². The number of aryl methyl sites for hydroxylation is 3. The van der Waals surface area contributed by atoms with Crippen molar-refractivity contribution in [1.29, 1.82) is 0 Å². The van der Waals surface area contributed by atoms with E-state index in [9.17, 15) is 4.79 Å². The van der Waals surface area contributed by atoms with Gasteiger partial charge in [0, 0.05) is 16.6 Å². The molecule has 0 spiro atoms. The van der Waals surface area contributed by atoms with Gasteiger partial charge in [-0.1, -0.05) is 29.8 Å². The summed E-state index contributed by atoms with van der Waals surface area (Å²) in [5, 5.41) is 3.88. The highest BCUT2D eigenvalue weighted by Crippen LogP contribution is 2.28. The molecule has 0 unspecified atom stereocenters. The van der Waals surface area contributed by atoms with Gasteiger partial charge in [-0.25, -0.2) is 4.98 Å². The molecule has 1 heterocycles. The van der Waals surface area contributed by atoms with Crippen LogP contribution >= 0.6 is 0 Å². The molecule has 0 fully saturated rings. The summed E-state index contributed by atoms with van der Waals surface area (Å²) in [6.07, 6.45) is 0. The fraction of sp³-hybridized carbons (Fsp3) is 0.154. The summed E-state index contributed by atoms with van der Waals surface area (Å²) < 4.78 is 5.35. The molecule has 0 aliphatic carbocycles. The van der Waals surface area contributed by atoms with Gasteiger partial charge >= 0.3 is 0 Å². The first-order valence-electron chi connectivity index (χ1n) is 9.89. The number of nitrogens with zero attached hydrogens (tertiary/aromatic N) is 1. The number of ether oxygens (including phenoxy) is 1. The second-order valence-corrected chi connectivity index (χ2v) is 7.56. The lowest BCUT2D eigenvalue weighted by Gasteiger charge is -2.12. The van der Waals surface area contributed by atoms with Crippen molar-refractivity contribution in [3.8, 4) is 17.0 Å². The number of methoxy groups -OCH3 is 1. The topological polar surface area (TPSA) is 51.2 Å². The fourth-order valence-electron chi connectivity index (χ4n) is 3.48. The Hall–Kier alpha value is -3.66. The molecule has 0 radical (unpaired) electrons. The molecule has 0 aliphatic rings. The number of fused-ring (bicyclic) bond motifs is 1. The van der Waals surface area contributed by atoms with Gasteiger partial charge in [0.2, 0.25) is 0 Å². The summed E-state index contributed by atoms with van der Waals surface area (Å²) in [5.74, 6) is 0.597. The number of aromatic nitrogens is 1. The standard InChI is InChI=1S/C26H24N2O2/c1-16-8-11-24-22(12-16)23(26(29)27-20-10-9-17(2)18(3)13-20)15-25(28-24)19-6-5-7-21(14-19)30-4/h5-15H,1-4H3,(H,27,29). The van der Waals surface area contributed by atoms with Crippen molar-refractivity contribution in [2.24, 2.45) is 0 Å². The molecule has 4 rings (SSSR count).